The highest BCUT2D eigenvalue weighted by Gasteiger charge is 2.46. The van der Waals surface area contributed by atoms with E-state index in [1.165, 1.54) is 11.8 Å². The fraction of sp³-hybridized carbons (Fsp3) is 0.566. The first-order chi connectivity index (χ1) is 36.3. The van der Waals surface area contributed by atoms with Crippen LogP contribution in [0.15, 0.2) is 47.5 Å². The summed E-state index contributed by atoms with van der Waals surface area (Å²) in [5, 5.41) is 14.6. The minimum absolute atomic E-state index is 0.0141. The smallest absolute Gasteiger partial charge is 0.263 e. The van der Waals surface area contributed by atoms with Gasteiger partial charge in [-0.25, -0.2) is 18.7 Å². The standard InChI is InChI=1S/C53H72F2N12O9/c1-32-38-29-58-52(63-47(38)67(36-11-8-9-12-36)50(72)44(32)34(3)68)60-42-16-15-37(28-57-42)65-19-17-64(18-20-65)21-22-74-23-24-75-25-26-76-31-43(69)59-35-27-41(49(71)61-45-39(54)13-10-14-40(45)55)66(30-35)51(73)46(53(4,5)6)62-48(70)33(2)56-7/h10,13-16,28-29,33,35-36,41,46,56H,8-9,11-12,17-27,30-31H2,1-7H3,(H,59,69)(H,61,71)(H,62,70)(H,57,58,60,63)/t33-,35-,41-,46+/m0/s1. The number of anilines is 4. The zero-order chi connectivity index (χ0) is 54.7. The molecule has 4 aromatic rings. The third-order valence-corrected chi connectivity index (χ3v) is 14.2. The third-order valence-electron chi connectivity index (χ3n) is 14.2. The molecule has 3 fully saturated rings. The van der Waals surface area contributed by atoms with Crippen molar-refractivity contribution in [2.24, 2.45) is 5.41 Å². The summed E-state index contributed by atoms with van der Waals surface area (Å²) < 4.78 is 47.8. The van der Waals surface area contributed by atoms with Crippen molar-refractivity contribution in [3.05, 3.63) is 75.8 Å². The van der Waals surface area contributed by atoms with E-state index in [1.807, 2.05) is 18.3 Å². The van der Waals surface area contributed by atoms with Crippen molar-refractivity contribution in [2.75, 3.05) is 101 Å². The van der Waals surface area contributed by atoms with Gasteiger partial charge < -0.3 is 50.6 Å². The number of fused-ring (bicyclic) bond motifs is 1. The van der Waals surface area contributed by atoms with Crippen LogP contribution in [-0.2, 0) is 33.4 Å². The quantitative estimate of drug-likeness (QED) is 0.0523. The monoisotopic (exact) mass is 1060 g/mol. The number of Topliss-reactive ketones (excluding diaryl/α,β-unsaturated/α-hetero) is 1. The number of nitrogens with one attached hydrogen (secondary N) is 5. The van der Waals surface area contributed by atoms with Crippen molar-refractivity contribution in [1.82, 2.24) is 45.3 Å². The Morgan fingerprint density at radius 3 is 2.18 bits per heavy atom. The molecule has 3 aliphatic rings. The van der Waals surface area contributed by atoms with E-state index in [0.717, 1.165) is 82.3 Å². The van der Waals surface area contributed by atoms with Crippen LogP contribution in [0.3, 0.4) is 0 Å². The van der Waals surface area contributed by atoms with Gasteiger partial charge in [-0.3, -0.25) is 38.2 Å². The van der Waals surface area contributed by atoms with Gasteiger partial charge >= 0.3 is 0 Å². The molecule has 5 heterocycles. The number of aryl methyl sites for hydroxylation is 1. The number of benzene rings is 1. The first-order valence-electron chi connectivity index (χ1n) is 26.0. The van der Waals surface area contributed by atoms with E-state index >= 15 is 0 Å². The molecule has 0 unspecified atom stereocenters. The van der Waals surface area contributed by atoms with E-state index in [1.54, 1.807) is 52.4 Å². The van der Waals surface area contributed by atoms with Crippen LogP contribution < -0.4 is 37.0 Å². The largest absolute Gasteiger partial charge is 0.378 e. The number of piperazine rings is 1. The van der Waals surface area contributed by atoms with E-state index in [2.05, 4.69) is 46.4 Å². The number of nitrogens with zero attached hydrogens (tertiary/aromatic N) is 7. The number of likely N-dealkylation sites (N-methyl/N-ethyl adjacent to an activating group) is 1. The molecule has 76 heavy (non-hydrogen) atoms. The van der Waals surface area contributed by atoms with Gasteiger partial charge in [0.05, 0.1) is 56.5 Å². The summed E-state index contributed by atoms with van der Waals surface area (Å²) in [5.74, 6) is -3.75. The van der Waals surface area contributed by atoms with Crippen LogP contribution in [-0.4, -0.2) is 169 Å². The molecule has 2 saturated heterocycles. The lowest BCUT2D eigenvalue weighted by Crippen LogP contribution is -2.59. The number of amides is 4. The summed E-state index contributed by atoms with van der Waals surface area (Å²) in [6.07, 6.45) is 7.19. The Labute approximate surface area is 441 Å². The van der Waals surface area contributed by atoms with Crippen LogP contribution in [0.25, 0.3) is 11.0 Å². The second kappa shape index (κ2) is 26.0. The van der Waals surface area contributed by atoms with Gasteiger partial charge in [0.15, 0.2) is 5.78 Å². The highest BCUT2D eigenvalue weighted by atomic mass is 19.1. The van der Waals surface area contributed by atoms with E-state index in [-0.39, 0.29) is 55.7 Å². The summed E-state index contributed by atoms with van der Waals surface area (Å²) in [4.78, 5) is 99.5. The number of aromatic nitrogens is 4. The molecule has 7 rings (SSSR count). The van der Waals surface area contributed by atoms with Crippen LogP contribution >= 0.6 is 0 Å². The van der Waals surface area contributed by atoms with E-state index in [4.69, 9.17) is 19.2 Å². The number of halogens is 2. The van der Waals surface area contributed by atoms with Gasteiger partial charge in [-0.1, -0.05) is 39.7 Å². The Morgan fingerprint density at radius 1 is 0.882 bits per heavy atom. The maximum Gasteiger partial charge on any atom is 0.263 e. The van der Waals surface area contributed by atoms with Crippen molar-refractivity contribution >= 4 is 63.6 Å². The lowest BCUT2D eigenvalue weighted by molar-refractivity contribution is -0.143. The summed E-state index contributed by atoms with van der Waals surface area (Å²) in [5.41, 5.74) is 0.543. The molecule has 4 amide bonds. The first-order valence-corrected chi connectivity index (χ1v) is 26.0. The van der Waals surface area contributed by atoms with Crippen LogP contribution in [0.1, 0.15) is 88.7 Å². The number of hydrogen-bond donors (Lipinski definition) is 5. The average Bonchev–Trinajstić information content (AvgIpc) is 4.10. The molecule has 23 heteroatoms. The molecular weight excluding hydrogens is 987 g/mol. The average molecular weight is 1060 g/mol. The number of hydrogen-bond acceptors (Lipinski definition) is 16. The van der Waals surface area contributed by atoms with Crippen LogP contribution in [0, 0.1) is 24.0 Å². The van der Waals surface area contributed by atoms with Crippen LogP contribution in [0.4, 0.5) is 31.9 Å². The van der Waals surface area contributed by atoms with Crippen molar-refractivity contribution in [1.29, 1.82) is 0 Å². The number of ketones is 1. The topological polar surface area (TPSA) is 244 Å². The molecule has 1 saturated carbocycles. The number of ether oxygens (including phenoxy) is 3. The Balaban J connectivity index is 0.788. The number of likely N-dealkylation sites (tertiary alicyclic amines) is 1. The molecule has 2 aliphatic heterocycles. The fourth-order valence-electron chi connectivity index (χ4n) is 9.84. The zero-order valence-corrected chi connectivity index (χ0v) is 44.5. The van der Waals surface area contributed by atoms with Gasteiger partial charge in [-0.2, -0.15) is 4.98 Å². The molecule has 21 nitrogen and oxygen atoms in total. The number of para-hydroxylation sites is 1. The maximum absolute atomic E-state index is 14.5. The normalized spacial score (nSPS) is 18.2. The molecule has 3 aromatic heterocycles. The second-order valence-corrected chi connectivity index (χ2v) is 20.6. The predicted octanol–water partition coefficient (Wildman–Crippen LogP) is 3.87. The minimum atomic E-state index is -1.23. The van der Waals surface area contributed by atoms with E-state index in [0.29, 0.717) is 48.2 Å². The minimum Gasteiger partial charge on any atom is -0.378 e. The third kappa shape index (κ3) is 14.3. The molecule has 1 aromatic carbocycles. The Bertz CT molecular complexity index is 2740. The Kier molecular flexibility index (Phi) is 19.6. The molecule has 5 N–H and O–H groups in total. The van der Waals surface area contributed by atoms with Gasteiger partial charge in [0.1, 0.15) is 47.5 Å². The second-order valence-electron chi connectivity index (χ2n) is 20.6. The first kappa shape index (κ1) is 57.2. The Hall–Kier alpha value is -6.53. The van der Waals surface area contributed by atoms with Crippen molar-refractivity contribution < 1.29 is 47.0 Å². The summed E-state index contributed by atoms with van der Waals surface area (Å²) in [6, 6.07) is 3.37. The molecule has 0 spiro atoms. The van der Waals surface area contributed by atoms with Gasteiger partial charge in [-0.15, -0.1) is 0 Å². The van der Waals surface area contributed by atoms with Gasteiger partial charge in [0.25, 0.3) is 5.56 Å². The fourth-order valence-corrected chi connectivity index (χ4v) is 9.84. The Morgan fingerprint density at radius 2 is 1.55 bits per heavy atom. The molecule has 412 valence electrons. The molecular formula is C53H72F2N12O9. The zero-order valence-electron chi connectivity index (χ0n) is 44.5. The van der Waals surface area contributed by atoms with E-state index < -0.39 is 70.5 Å². The summed E-state index contributed by atoms with van der Waals surface area (Å²) >= 11 is 0. The van der Waals surface area contributed by atoms with Gasteiger partial charge in [0, 0.05) is 62.9 Å². The molecule has 1 aliphatic carbocycles. The van der Waals surface area contributed by atoms with Crippen molar-refractivity contribution in [3.8, 4) is 0 Å². The molecule has 0 radical (unpaired) electrons. The number of carbonyl (C=O) groups is 5. The van der Waals surface area contributed by atoms with Gasteiger partial charge in [0.2, 0.25) is 29.6 Å². The number of carbonyl (C=O) groups excluding carboxylic acids is 5. The maximum atomic E-state index is 14.5. The molecule has 0 bridgehead atoms. The van der Waals surface area contributed by atoms with Gasteiger partial charge in [-0.05, 0) is 82.3 Å². The predicted molar refractivity (Wildman–Crippen MR) is 282 cm³/mol. The highest BCUT2D eigenvalue weighted by Crippen LogP contribution is 2.33. The number of pyridine rings is 2. The molecule has 4 atom stereocenters. The van der Waals surface area contributed by atoms with Crippen LogP contribution in [0.2, 0.25) is 0 Å². The van der Waals surface area contributed by atoms with Crippen molar-refractivity contribution in [3.63, 3.8) is 0 Å². The van der Waals surface area contributed by atoms with E-state index in [9.17, 15) is 37.5 Å². The number of rotatable bonds is 23. The highest BCUT2D eigenvalue weighted by molar-refractivity contribution is 6.00. The van der Waals surface area contributed by atoms with Crippen LogP contribution in [0.5, 0.6) is 0 Å². The SMILES string of the molecule is CN[C@@H](C)C(=O)N[C@H](C(=O)N1C[C@@H](NC(=O)COCCOCCOCCN2CCN(c3ccc(Nc4ncc5c(C)c(C(C)=O)c(=O)n(C6CCCC6)c5n4)nc3)CC2)C[C@H]1C(=O)Nc1c(F)cccc1F)C(C)(C)C. The summed E-state index contributed by atoms with van der Waals surface area (Å²) in [6.45, 7) is 15.3. The lowest BCUT2D eigenvalue weighted by Gasteiger charge is -2.36. The summed E-state index contributed by atoms with van der Waals surface area (Å²) in [7, 11) is 1.60. The lowest BCUT2D eigenvalue weighted by atomic mass is 9.85. The van der Waals surface area contributed by atoms with Crippen molar-refractivity contribution in [2.45, 2.75) is 104 Å².